The summed E-state index contributed by atoms with van der Waals surface area (Å²) in [4.78, 5) is 2.11. The minimum absolute atomic E-state index is 0.635. The van der Waals surface area contributed by atoms with Crippen LogP contribution in [-0.4, -0.2) is 29.2 Å². The van der Waals surface area contributed by atoms with Gasteiger partial charge in [-0.05, 0) is 38.6 Å². The zero-order chi connectivity index (χ0) is 11.5. The lowest BCUT2D eigenvalue weighted by molar-refractivity contribution is 0.0425. The minimum Gasteiger partial charge on any atom is -0.389 e. The van der Waals surface area contributed by atoms with Crippen LogP contribution >= 0.6 is 15.9 Å². The summed E-state index contributed by atoms with van der Waals surface area (Å²) in [6.07, 6.45) is 0. The second-order valence-corrected chi connectivity index (χ2v) is 5.53. The number of hydrogen-bond acceptors (Lipinski definition) is 2. The third-order valence-corrected chi connectivity index (χ3v) is 2.55. The van der Waals surface area contributed by atoms with E-state index in [-0.39, 0.29) is 0 Å². The van der Waals surface area contributed by atoms with E-state index < -0.39 is 5.60 Å². The highest BCUT2D eigenvalue weighted by Gasteiger charge is 2.15. The van der Waals surface area contributed by atoms with Crippen molar-refractivity contribution >= 4 is 15.9 Å². The smallest absolute Gasteiger partial charge is 0.0718 e. The van der Waals surface area contributed by atoms with Crippen molar-refractivity contribution in [3.05, 3.63) is 34.3 Å². The minimum atomic E-state index is -0.635. The summed E-state index contributed by atoms with van der Waals surface area (Å²) < 4.78 is 1.09. The molecule has 1 aromatic carbocycles. The van der Waals surface area contributed by atoms with Gasteiger partial charge in [-0.1, -0.05) is 28.1 Å². The largest absolute Gasteiger partial charge is 0.389 e. The first kappa shape index (κ1) is 12.7. The van der Waals surface area contributed by atoms with Crippen LogP contribution in [0.1, 0.15) is 19.4 Å². The Hall–Kier alpha value is -0.380. The summed E-state index contributed by atoms with van der Waals surface area (Å²) >= 11 is 3.41. The third-order valence-electron chi connectivity index (χ3n) is 2.02. The summed E-state index contributed by atoms with van der Waals surface area (Å²) in [5.74, 6) is 0. The van der Waals surface area contributed by atoms with Gasteiger partial charge in [-0.2, -0.15) is 0 Å². The van der Waals surface area contributed by atoms with Crippen LogP contribution in [0.2, 0.25) is 0 Å². The van der Waals surface area contributed by atoms with Crippen LogP contribution in [0.15, 0.2) is 28.7 Å². The Morgan fingerprint density at radius 2 is 1.80 bits per heavy atom. The second kappa shape index (κ2) is 5.10. The summed E-state index contributed by atoms with van der Waals surface area (Å²) in [7, 11) is 2.01. The number of hydrogen-bond donors (Lipinski definition) is 1. The highest BCUT2D eigenvalue weighted by Crippen LogP contribution is 2.12. The third kappa shape index (κ3) is 5.30. The van der Waals surface area contributed by atoms with Gasteiger partial charge in [0.2, 0.25) is 0 Å². The molecule has 1 N–H and O–H groups in total. The average molecular weight is 272 g/mol. The van der Waals surface area contributed by atoms with E-state index in [1.165, 1.54) is 5.56 Å². The van der Waals surface area contributed by atoms with Crippen LogP contribution in [0.5, 0.6) is 0 Å². The Balaban J connectivity index is 2.51. The van der Waals surface area contributed by atoms with E-state index >= 15 is 0 Å². The first-order valence-electron chi connectivity index (χ1n) is 5.02. The standard InChI is InChI=1S/C12H18BrNO/c1-12(2,15)9-14(3)8-10-4-6-11(13)7-5-10/h4-7,15H,8-9H2,1-3H3. The quantitative estimate of drug-likeness (QED) is 0.910. The molecule has 1 rings (SSSR count). The van der Waals surface area contributed by atoms with E-state index in [2.05, 4.69) is 33.0 Å². The molecule has 3 heteroatoms. The molecule has 1 aromatic rings. The molecule has 0 amide bonds. The van der Waals surface area contributed by atoms with E-state index in [1.54, 1.807) is 0 Å². The summed E-state index contributed by atoms with van der Waals surface area (Å²) in [6, 6.07) is 8.25. The van der Waals surface area contributed by atoms with Gasteiger partial charge in [0.15, 0.2) is 0 Å². The van der Waals surface area contributed by atoms with Gasteiger partial charge in [0.05, 0.1) is 5.60 Å². The molecule has 0 saturated carbocycles. The Bertz CT molecular complexity index is 302. The Morgan fingerprint density at radius 1 is 1.27 bits per heavy atom. The molecule has 0 heterocycles. The molecule has 0 radical (unpaired) electrons. The fourth-order valence-corrected chi connectivity index (χ4v) is 1.88. The summed E-state index contributed by atoms with van der Waals surface area (Å²) in [5, 5.41) is 9.66. The number of aliphatic hydroxyl groups is 1. The van der Waals surface area contributed by atoms with Crippen molar-refractivity contribution in [2.75, 3.05) is 13.6 Å². The SMILES string of the molecule is CN(Cc1ccc(Br)cc1)CC(C)(C)O. The predicted octanol–water partition coefficient (Wildman–Crippen LogP) is 2.65. The van der Waals surface area contributed by atoms with Gasteiger partial charge in [-0.25, -0.2) is 0 Å². The van der Waals surface area contributed by atoms with Gasteiger partial charge in [0, 0.05) is 17.6 Å². The molecule has 15 heavy (non-hydrogen) atoms. The van der Waals surface area contributed by atoms with Crippen molar-refractivity contribution < 1.29 is 5.11 Å². The van der Waals surface area contributed by atoms with Crippen LogP contribution in [0.25, 0.3) is 0 Å². The second-order valence-electron chi connectivity index (χ2n) is 4.61. The average Bonchev–Trinajstić information content (AvgIpc) is 2.05. The number of nitrogens with zero attached hydrogens (tertiary/aromatic N) is 1. The van der Waals surface area contributed by atoms with Crippen LogP contribution in [0.3, 0.4) is 0 Å². The maximum Gasteiger partial charge on any atom is 0.0718 e. The molecule has 0 saturated heterocycles. The van der Waals surface area contributed by atoms with Crippen molar-refractivity contribution in [3.8, 4) is 0 Å². The summed E-state index contributed by atoms with van der Waals surface area (Å²) in [5.41, 5.74) is 0.620. The Kier molecular flexibility index (Phi) is 4.32. The van der Waals surface area contributed by atoms with Crippen molar-refractivity contribution in [1.82, 2.24) is 4.90 Å². The van der Waals surface area contributed by atoms with E-state index in [0.717, 1.165) is 11.0 Å². The van der Waals surface area contributed by atoms with Gasteiger partial charge in [-0.15, -0.1) is 0 Å². The highest BCUT2D eigenvalue weighted by molar-refractivity contribution is 9.10. The van der Waals surface area contributed by atoms with Crippen molar-refractivity contribution in [3.63, 3.8) is 0 Å². The van der Waals surface area contributed by atoms with Gasteiger partial charge in [0.25, 0.3) is 0 Å². The molecule has 0 spiro atoms. The van der Waals surface area contributed by atoms with E-state index in [4.69, 9.17) is 0 Å². The van der Waals surface area contributed by atoms with Crippen LogP contribution in [0.4, 0.5) is 0 Å². The molecule has 0 aliphatic carbocycles. The van der Waals surface area contributed by atoms with E-state index in [1.807, 2.05) is 33.0 Å². The van der Waals surface area contributed by atoms with Crippen LogP contribution in [0, 0.1) is 0 Å². The first-order chi connectivity index (χ1) is 6.87. The van der Waals surface area contributed by atoms with Crippen molar-refractivity contribution in [2.45, 2.75) is 26.0 Å². The zero-order valence-electron chi connectivity index (χ0n) is 9.50. The normalized spacial score (nSPS) is 12.1. The topological polar surface area (TPSA) is 23.5 Å². The number of likely N-dealkylation sites (N-methyl/N-ethyl adjacent to an activating group) is 1. The Morgan fingerprint density at radius 3 is 2.27 bits per heavy atom. The van der Waals surface area contributed by atoms with Gasteiger partial charge in [0.1, 0.15) is 0 Å². The fraction of sp³-hybridized carbons (Fsp3) is 0.500. The summed E-state index contributed by atoms with van der Waals surface area (Å²) in [6.45, 7) is 5.18. The monoisotopic (exact) mass is 271 g/mol. The van der Waals surface area contributed by atoms with Gasteiger partial charge < -0.3 is 5.11 Å². The molecule has 0 aliphatic heterocycles. The number of halogens is 1. The maximum absolute atomic E-state index is 9.66. The van der Waals surface area contributed by atoms with Gasteiger partial charge >= 0.3 is 0 Å². The van der Waals surface area contributed by atoms with Crippen LogP contribution < -0.4 is 0 Å². The molecule has 0 aromatic heterocycles. The van der Waals surface area contributed by atoms with Crippen molar-refractivity contribution in [1.29, 1.82) is 0 Å². The molecule has 84 valence electrons. The molecule has 0 aliphatic rings. The molecular weight excluding hydrogens is 254 g/mol. The lowest BCUT2D eigenvalue weighted by atomic mass is 10.1. The van der Waals surface area contributed by atoms with Crippen LogP contribution in [-0.2, 0) is 6.54 Å². The predicted molar refractivity (Wildman–Crippen MR) is 66.8 cm³/mol. The molecule has 0 bridgehead atoms. The maximum atomic E-state index is 9.66. The van der Waals surface area contributed by atoms with E-state index in [0.29, 0.717) is 6.54 Å². The molecular formula is C12H18BrNO. The molecule has 0 atom stereocenters. The van der Waals surface area contributed by atoms with Crippen molar-refractivity contribution in [2.24, 2.45) is 0 Å². The molecule has 0 unspecified atom stereocenters. The lowest BCUT2D eigenvalue weighted by Gasteiger charge is -2.25. The lowest BCUT2D eigenvalue weighted by Crippen LogP contribution is -2.35. The zero-order valence-corrected chi connectivity index (χ0v) is 11.1. The Labute approximate surface area is 100 Å². The number of rotatable bonds is 4. The molecule has 0 fully saturated rings. The first-order valence-corrected chi connectivity index (χ1v) is 5.81. The fourth-order valence-electron chi connectivity index (χ4n) is 1.62. The highest BCUT2D eigenvalue weighted by atomic mass is 79.9. The molecule has 2 nitrogen and oxygen atoms in total. The van der Waals surface area contributed by atoms with E-state index in [9.17, 15) is 5.11 Å². The number of benzene rings is 1. The van der Waals surface area contributed by atoms with Gasteiger partial charge in [-0.3, -0.25) is 4.90 Å².